The smallest absolute Gasteiger partial charge is 0.255 e. The summed E-state index contributed by atoms with van der Waals surface area (Å²) in [5.41, 5.74) is 2.80. The third-order valence-corrected chi connectivity index (χ3v) is 5.50. The highest BCUT2D eigenvalue weighted by Crippen LogP contribution is 2.26. The molecule has 0 saturated heterocycles. The first-order valence-electron chi connectivity index (χ1n) is 9.45. The van der Waals surface area contributed by atoms with Crippen molar-refractivity contribution in [2.24, 2.45) is 0 Å². The fourth-order valence-corrected chi connectivity index (χ4v) is 4.08. The molecule has 4 rings (SSSR count). The van der Waals surface area contributed by atoms with Crippen LogP contribution in [0.25, 0.3) is 0 Å². The third-order valence-electron chi connectivity index (χ3n) is 5.50. The summed E-state index contributed by atoms with van der Waals surface area (Å²) in [4.78, 5) is 27.7. The van der Waals surface area contributed by atoms with Crippen molar-refractivity contribution >= 4 is 11.8 Å². The van der Waals surface area contributed by atoms with Crippen molar-refractivity contribution in [3.63, 3.8) is 0 Å². The van der Waals surface area contributed by atoms with Gasteiger partial charge < -0.3 is 10.2 Å². The zero-order valence-corrected chi connectivity index (χ0v) is 14.9. The average Bonchev–Trinajstić information content (AvgIpc) is 3.29. The summed E-state index contributed by atoms with van der Waals surface area (Å²) in [5, 5.41) is 3.19. The molecule has 0 spiro atoms. The van der Waals surface area contributed by atoms with E-state index in [-0.39, 0.29) is 17.9 Å². The number of hydrogen-bond acceptors (Lipinski definition) is 2. The molecule has 4 nitrogen and oxygen atoms in total. The predicted octanol–water partition coefficient (Wildman–Crippen LogP) is 3.31. The van der Waals surface area contributed by atoms with Gasteiger partial charge in [-0.05, 0) is 30.0 Å². The Morgan fingerprint density at radius 2 is 1.73 bits per heavy atom. The SMILES string of the molecule is O=C(NC1CCCC1)C(Cc1ccccc1)N1Cc2ccccc2C1=O. The zero-order valence-electron chi connectivity index (χ0n) is 14.9. The number of benzene rings is 2. The number of nitrogens with one attached hydrogen (secondary N) is 1. The second-order valence-corrected chi connectivity index (χ2v) is 7.29. The van der Waals surface area contributed by atoms with Crippen molar-refractivity contribution in [2.75, 3.05) is 0 Å². The molecule has 0 bridgehead atoms. The summed E-state index contributed by atoms with van der Waals surface area (Å²) in [5.74, 6) is -0.0648. The topological polar surface area (TPSA) is 49.4 Å². The molecule has 2 amide bonds. The Kier molecular flexibility index (Phi) is 4.74. The first kappa shape index (κ1) is 16.8. The molecule has 2 aromatic carbocycles. The largest absolute Gasteiger partial charge is 0.352 e. The van der Waals surface area contributed by atoms with Gasteiger partial charge in [0.05, 0.1) is 0 Å². The zero-order chi connectivity index (χ0) is 17.9. The highest BCUT2D eigenvalue weighted by atomic mass is 16.2. The van der Waals surface area contributed by atoms with Crippen molar-refractivity contribution in [3.05, 3.63) is 71.3 Å². The van der Waals surface area contributed by atoms with Crippen LogP contribution < -0.4 is 5.32 Å². The Balaban J connectivity index is 1.58. The van der Waals surface area contributed by atoms with Crippen LogP contribution in [0, 0.1) is 0 Å². The van der Waals surface area contributed by atoms with E-state index in [0.29, 0.717) is 13.0 Å². The Morgan fingerprint density at radius 1 is 1.04 bits per heavy atom. The minimum atomic E-state index is -0.474. The van der Waals surface area contributed by atoms with Gasteiger partial charge in [-0.2, -0.15) is 0 Å². The van der Waals surface area contributed by atoms with Gasteiger partial charge in [0.2, 0.25) is 5.91 Å². The van der Waals surface area contributed by atoms with Gasteiger partial charge in [-0.25, -0.2) is 0 Å². The Hall–Kier alpha value is -2.62. The van der Waals surface area contributed by atoms with E-state index < -0.39 is 6.04 Å². The highest BCUT2D eigenvalue weighted by molar-refractivity contribution is 6.01. The normalized spacial score (nSPS) is 18.0. The summed E-state index contributed by atoms with van der Waals surface area (Å²) in [6.07, 6.45) is 4.96. The number of amides is 2. The van der Waals surface area contributed by atoms with Crippen LogP contribution >= 0.6 is 0 Å². The number of rotatable bonds is 5. The number of hydrogen-bond donors (Lipinski definition) is 1. The predicted molar refractivity (Wildman–Crippen MR) is 101 cm³/mol. The van der Waals surface area contributed by atoms with Crippen molar-refractivity contribution in [1.29, 1.82) is 0 Å². The van der Waals surface area contributed by atoms with Gasteiger partial charge in [-0.1, -0.05) is 61.4 Å². The van der Waals surface area contributed by atoms with Gasteiger partial charge >= 0.3 is 0 Å². The van der Waals surface area contributed by atoms with E-state index in [1.54, 1.807) is 4.90 Å². The molecule has 1 heterocycles. The summed E-state index contributed by atoms with van der Waals surface area (Å²) < 4.78 is 0. The molecule has 2 aliphatic rings. The van der Waals surface area contributed by atoms with E-state index in [0.717, 1.165) is 29.5 Å². The molecule has 1 aliphatic heterocycles. The monoisotopic (exact) mass is 348 g/mol. The maximum absolute atomic E-state index is 13.1. The molecule has 1 saturated carbocycles. The van der Waals surface area contributed by atoms with Crippen molar-refractivity contribution in [3.8, 4) is 0 Å². The molecular formula is C22H24N2O2. The molecule has 1 aliphatic carbocycles. The third kappa shape index (κ3) is 3.36. The standard InChI is InChI=1S/C22H24N2O2/c25-21(23-18-11-5-6-12-18)20(14-16-8-2-1-3-9-16)24-15-17-10-4-7-13-19(17)22(24)26/h1-4,7-10,13,18,20H,5-6,11-12,14-15H2,(H,23,25). The molecule has 0 aromatic heterocycles. The maximum Gasteiger partial charge on any atom is 0.255 e. The summed E-state index contributed by atoms with van der Waals surface area (Å²) in [6.45, 7) is 0.505. The minimum absolute atomic E-state index is 0.0260. The second-order valence-electron chi connectivity index (χ2n) is 7.29. The highest BCUT2D eigenvalue weighted by Gasteiger charge is 2.37. The minimum Gasteiger partial charge on any atom is -0.352 e. The van der Waals surface area contributed by atoms with Crippen LogP contribution in [0.2, 0.25) is 0 Å². The molecule has 1 atom stereocenters. The molecule has 134 valence electrons. The fourth-order valence-electron chi connectivity index (χ4n) is 4.08. The molecule has 1 unspecified atom stereocenters. The van der Waals surface area contributed by atoms with Gasteiger partial charge in [0.1, 0.15) is 6.04 Å². The molecule has 4 heteroatoms. The van der Waals surface area contributed by atoms with E-state index in [1.807, 2.05) is 54.6 Å². The van der Waals surface area contributed by atoms with Crippen LogP contribution in [0.15, 0.2) is 54.6 Å². The van der Waals surface area contributed by atoms with Crippen LogP contribution in [0.5, 0.6) is 0 Å². The Labute approximate surface area is 154 Å². The van der Waals surface area contributed by atoms with Gasteiger partial charge in [0.15, 0.2) is 0 Å². The molecule has 0 radical (unpaired) electrons. The molecule has 1 fully saturated rings. The van der Waals surface area contributed by atoms with Crippen LogP contribution in [-0.4, -0.2) is 28.8 Å². The summed E-state index contributed by atoms with van der Waals surface area (Å²) in [6, 6.07) is 17.4. The number of carbonyl (C=O) groups excluding carboxylic acids is 2. The summed E-state index contributed by atoms with van der Waals surface area (Å²) in [7, 11) is 0. The molecule has 2 aromatic rings. The van der Waals surface area contributed by atoms with Gasteiger partial charge in [0, 0.05) is 24.6 Å². The Morgan fingerprint density at radius 3 is 2.46 bits per heavy atom. The first-order valence-corrected chi connectivity index (χ1v) is 9.45. The number of fused-ring (bicyclic) bond motifs is 1. The van der Waals surface area contributed by atoms with Crippen molar-refractivity contribution in [1.82, 2.24) is 10.2 Å². The van der Waals surface area contributed by atoms with Gasteiger partial charge in [0.25, 0.3) is 5.91 Å². The lowest BCUT2D eigenvalue weighted by atomic mass is 10.0. The van der Waals surface area contributed by atoms with Crippen molar-refractivity contribution in [2.45, 2.75) is 50.7 Å². The lowest BCUT2D eigenvalue weighted by Crippen LogP contribution is -2.50. The van der Waals surface area contributed by atoms with Gasteiger partial charge in [-0.15, -0.1) is 0 Å². The van der Waals surface area contributed by atoms with E-state index in [2.05, 4.69) is 5.32 Å². The average molecular weight is 348 g/mol. The fraction of sp³-hybridized carbons (Fsp3) is 0.364. The number of nitrogens with zero attached hydrogens (tertiary/aromatic N) is 1. The van der Waals surface area contributed by atoms with E-state index >= 15 is 0 Å². The maximum atomic E-state index is 13.1. The molecule has 1 N–H and O–H groups in total. The van der Waals surface area contributed by atoms with E-state index in [4.69, 9.17) is 0 Å². The second kappa shape index (κ2) is 7.32. The van der Waals surface area contributed by atoms with Crippen molar-refractivity contribution < 1.29 is 9.59 Å². The van der Waals surface area contributed by atoms with Gasteiger partial charge in [-0.3, -0.25) is 9.59 Å². The summed E-state index contributed by atoms with van der Waals surface area (Å²) >= 11 is 0. The molecular weight excluding hydrogens is 324 g/mol. The van der Waals surface area contributed by atoms with E-state index in [9.17, 15) is 9.59 Å². The Bertz CT molecular complexity index is 797. The first-order chi connectivity index (χ1) is 12.7. The number of carbonyl (C=O) groups is 2. The van der Waals surface area contributed by atoms with Crippen LogP contribution in [0.1, 0.15) is 47.2 Å². The van der Waals surface area contributed by atoms with Crippen LogP contribution in [0.3, 0.4) is 0 Å². The van der Waals surface area contributed by atoms with Crippen LogP contribution in [-0.2, 0) is 17.8 Å². The molecule has 26 heavy (non-hydrogen) atoms. The quantitative estimate of drug-likeness (QED) is 0.901. The lowest BCUT2D eigenvalue weighted by molar-refractivity contribution is -0.126. The lowest BCUT2D eigenvalue weighted by Gasteiger charge is -2.28. The van der Waals surface area contributed by atoms with Crippen LogP contribution in [0.4, 0.5) is 0 Å². The van der Waals surface area contributed by atoms with E-state index in [1.165, 1.54) is 12.8 Å².